The molecule has 0 fully saturated rings. The van der Waals surface area contributed by atoms with Crippen molar-refractivity contribution in [3.63, 3.8) is 0 Å². The summed E-state index contributed by atoms with van der Waals surface area (Å²) in [6.45, 7) is 22.3. The molecule has 1 heterocycles. The predicted molar refractivity (Wildman–Crippen MR) is 216 cm³/mol. The van der Waals surface area contributed by atoms with Crippen molar-refractivity contribution in [1.29, 1.82) is 0 Å². The molecule has 0 amide bonds. The van der Waals surface area contributed by atoms with Gasteiger partial charge in [0.05, 0.1) is 0 Å². The first kappa shape index (κ1) is 35.7. The molecule has 0 N–H and O–H groups in total. The van der Waals surface area contributed by atoms with Gasteiger partial charge in [-0.15, -0.1) is 0 Å². The van der Waals surface area contributed by atoms with Gasteiger partial charge in [-0.05, 0) is 0 Å². The van der Waals surface area contributed by atoms with E-state index in [0.29, 0.717) is 0 Å². The Labute approximate surface area is 307 Å². The van der Waals surface area contributed by atoms with Crippen LogP contribution in [0.15, 0.2) is 82.8 Å². The molecule has 0 radical (unpaired) electrons. The zero-order chi connectivity index (χ0) is 35.9. The second-order valence-corrected chi connectivity index (χ2v) is 54.2. The number of halogens is 2. The average molecular weight is 795 g/mol. The van der Waals surface area contributed by atoms with Gasteiger partial charge in [-0.2, -0.15) is 0 Å². The molecule has 50 heavy (non-hydrogen) atoms. The topological polar surface area (TPSA) is 13.1 Å². The van der Waals surface area contributed by atoms with E-state index in [9.17, 15) is 0 Å². The van der Waals surface area contributed by atoms with Crippen LogP contribution < -0.4 is 0 Å². The van der Waals surface area contributed by atoms with Crippen molar-refractivity contribution in [1.82, 2.24) is 0 Å². The molecule has 5 aromatic rings. The Hall–Kier alpha value is -2.68. The van der Waals surface area contributed by atoms with E-state index in [0.717, 1.165) is 23.5 Å². The number of benzene rings is 4. The van der Waals surface area contributed by atoms with Crippen LogP contribution in [0.2, 0.25) is 13.1 Å². The summed E-state index contributed by atoms with van der Waals surface area (Å²) in [5, 5.41) is 0. The molecule has 0 bridgehead atoms. The van der Waals surface area contributed by atoms with Crippen LogP contribution in [0.5, 0.6) is 0 Å². The molecular formula is C45H48Cl2OSiZr. The standard InChI is InChI=1S/C23H21O.C20H21.C2H6Si.2ClH.Zr/c1-14-9-15(2)11-20(10-14)23-16(3)5-7-18-12-19(13-21(18)23)22-8-6-17(4)24-22;1-5-16-11-17-7-6-15(4)20(19(17)12-16)18-9-13(2)8-14(3)10-18;1-3-2;;;/h5-13H,1-4H3;6-12H,5H2,1-4H3;1-2H3;2*1H;/q;;;;;+2/p-2. The number of rotatable bonds is 6. The van der Waals surface area contributed by atoms with E-state index >= 15 is 0 Å². The van der Waals surface area contributed by atoms with Crippen LogP contribution >= 0.6 is 17.0 Å². The van der Waals surface area contributed by atoms with Crippen LogP contribution in [0.4, 0.5) is 0 Å². The first-order valence-corrected chi connectivity index (χ1v) is 33.3. The molecule has 2 aliphatic carbocycles. The summed E-state index contributed by atoms with van der Waals surface area (Å²) in [5.41, 5.74) is 19.1. The van der Waals surface area contributed by atoms with Gasteiger partial charge in [-0.3, -0.25) is 0 Å². The monoisotopic (exact) mass is 792 g/mol. The van der Waals surface area contributed by atoms with Gasteiger partial charge in [0, 0.05) is 0 Å². The van der Waals surface area contributed by atoms with Crippen LogP contribution in [0.3, 0.4) is 0 Å². The van der Waals surface area contributed by atoms with E-state index in [1.54, 1.807) is 0 Å². The van der Waals surface area contributed by atoms with Gasteiger partial charge in [0.25, 0.3) is 0 Å². The zero-order valence-electron chi connectivity index (χ0n) is 31.1. The van der Waals surface area contributed by atoms with Crippen molar-refractivity contribution in [2.45, 2.75) is 82.2 Å². The van der Waals surface area contributed by atoms with Gasteiger partial charge in [0.15, 0.2) is 0 Å². The normalized spacial score (nSPS) is 17.1. The third-order valence-corrected chi connectivity index (χ3v) is 57.8. The molecule has 2 aliphatic rings. The molecule has 256 valence electrons. The second kappa shape index (κ2) is 12.8. The Bertz CT molecular complexity index is 2340. The summed E-state index contributed by atoms with van der Waals surface area (Å²) in [7, 11) is 17.6. The number of hydrogen-bond donors (Lipinski definition) is 0. The molecule has 1 aromatic heterocycles. The average Bonchev–Trinajstić information content (AvgIpc) is 3.75. The Kier molecular flexibility index (Phi) is 9.12. The molecule has 0 saturated carbocycles. The summed E-state index contributed by atoms with van der Waals surface area (Å²) in [6.07, 6.45) is 5.76. The molecule has 0 spiro atoms. The maximum atomic E-state index is 8.80. The summed E-state index contributed by atoms with van der Waals surface area (Å²) in [5.74, 6) is 1.78. The molecule has 7 rings (SSSR count). The Morgan fingerprint density at radius 3 is 1.54 bits per heavy atom. The van der Waals surface area contributed by atoms with Crippen LogP contribution in [0, 0.1) is 48.5 Å². The van der Waals surface area contributed by atoms with E-state index < -0.39 is 20.4 Å². The number of allylic oxidation sites excluding steroid dienone is 2. The Morgan fingerprint density at radius 1 is 0.620 bits per heavy atom. The summed E-state index contributed by atoms with van der Waals surface area (Å²) in [4.78, 5) is 0. The van der Waals surface area contributed by atoms with Crippen molar-refractivity contribution in [2.24, 2.45) is 0 Å². The molecule has 2 unspecified atom stereocenters. The van der Waals surface area contributed by atoms with E-state index in [1.807, 2.05) is 6.92 Å². The number of hydrogen-bond acceptors (Lipinski definition) is 1. The van der Waals surface area contributed by atoms with Gasteiger partial charge in [-0.1, -0.05) is 0 Å². The van der Waals surface area contributed by atoms with Gasteiger partial charge in [0.2, 0.25) is 0 Å². The van der Waals surface area contributed by atoms with E-state index in [-0.39, 0.29) is 7.25 Å². The van der Waals surface area contributed by atoms with Crippen LogP contribution in [0.25, 0.3) is 40.0 Å². The molecular weight excluding hydrogens is 747 g/mol. The molecule has 0 saturated heterocycles. The van der Waals surface area contributed by atoms with E-state index in [1.165, 1.54) is 83.5 Å². The fourth-order valence-electron chi connectivity index (χ4n) is 9.23. The second-order valence-electron chi connectivity index (χ2n) is 15.4. The third kappa shape index (κ3) is 5.58. The maximum absolute atomic E-state index is 8.80. The molecule has 0 aliphatic heterocycles. The summed E-state index contributed by atoms with van der Waals surface area (Å²) >= 11 is -5.10. The summed E-state index contributed by atoms with van der Waals surface area (Å²) < 4.78 is 6.38. The van der Waals surface area contributed by atoms with Gasteiger partial charge >= 0.3 is 310 Å². The van der Waals surface area contributed by atoms with E-state index in [4.69, 9.17) is 21.4 Å². The quantitative estimate of drug-likeness (QED) is 0.156. The number of aryl methyl sites for hydroxylation is 7. The Morgan fingerprint density at radius 2 is 1.10 bits per heavy atom. The van der Waals surface area contributed by atoms with Crippen LogP contribution in [0.1, 0.15) is 87.8 Å². The fourth-order valence-corrected chi connectivity index (χ4v) is 37.8. The third-order valence-electron chi connectivity index (χ3n) is 11.4. The first-order chi connectivity index (χ1) is 23.6. The summed E-state index contributed by atoms with van der Waals surface area (Å²) in [6, 6.07) is 27.3. The van der Waals surface area contributed by atoms with Crippen molar-refractivity contribution in [3.8, 4) is 22.3 Å². The minimum absolute atomic E-state index is 0.00436. The molecule has 4 aromatic carbocycles. The number of fused-ring (bicyclic) bond motifs is 2. The van der Waals surface area contributed by atoms with Crippen molar-refractivity contribution >= 4 is 40.2 Å². The van der Waals surface area contributed by atoms with Gasteiger partial charge in [0.1, 0.15) is 0 Å². The van der Waals surface area contributed by atoms with Gasteiger partial charge < -0.3 is 0 Å². The van der Waals surface area contributed by atoms with Crippen LogP contribution in [-0.4, -0.2) is 5.43 Å². The van der Waals surface area contributed by atoms with E-state index in [2.05, 4.69) is 147 Å². The van der Waals surface area contributed by atoms with Crippen molar-refractivity contribution < 1.29 is 19.4 Å². The van der Waals surface area contributed by atoms with Crippen LogP contribution in [-0.2, 0) is 15.0 Å². The van der Waals surface area contributed by atoms with Crippen molar-refractivity contribution in [3.05, 3.63) is 146 Å². The van der Waals surface area contributed by atoms with Crippen molar-refractivity contribution in [2.75, 3.05) is 0 Å². The molecule has 5 heteroatoms. The molecule has 1 nitrogen and oxygen atoms in total. The zero-order valence-corrected chi connectivity index (χ0v) is 36.1. The fraction of sp³-hybridized carbons (Fsp3) is 0.289. The predicted octanol–water partition coefficient (Wildman–Crippen LogP) is 14.2. The first-order valence-electron chi connectivity index (χ1n) is 17.9. The SMILES string of the molecule is CCC1=Cc2c(ccc(C)c2-c2cc(C)cc(C)c2)[CH]1[Zr]([Cl])([Cl])([CH]1C(c2ccc(C)o2)=Cc2c1ccc(C)c2-c1cc(C)cc(C)c1)=[Si](C)C. The van der Waals surface area contributed by atoms with Gasteiger partial charge in [-0.25, -0.2) is 0 Å². The Balaban J connectivity index is 1.55. The number of furan rings is 1. The minimum atomic E-state index is -5.10. The molecule has 2 atom stereocenters.